The molecule has 2 aromatic carbocycles. The molecule has 2 rings (SSSR count). The zero-order chi connectivity index (χ0) is 21.4. The number of hydrogen-bond acceptors (Lipinski definition) is 2. The second kappa shape index (κ2) is 10.6. The van der Waals surface area contributed by atoms with Crippen LogP contribution in [0.4, 0.5) is 18.9 Å². The van der Waals surface area contributed by atoms with Crippen LogP contribution in [0.3, 0.4) is 0 Å². The minimum Gasteiger partial charge on any atom is -0.333 e. The van der Waals surface area contributed by atoms with Gasteiger partial charge in [-0.25, -0.2) is 13.2 Å². The van der Waals surface area contributed by atoms with Crippen molar-refractivity contribution in [3.05, 3.63) is 65.0 Å². The van der Waals surface area contributed by atoms with E-state index in [9.17, 15) is 22.8 Å². The molecule has 2 amide bonds. The molecule has 0 saturated heterocycles. The second-order valence-corrected chi connectivity index (χ2v) is 6.76. The molecular weight excluding hydrogens is 381 g/mol. The van der Waals surface area contributed by atoms with Crippen LogP contribution in [0.15, 0.2) is 36.4 Å². The summed E-state index contributed by atoms with van der Waals surface area (Å²) in [7, 11) is 0. The van der Waals surface area contributed by atoms with E-state index in [1.165, 1.54) is 10.5 Å². The maximum Gasteiger partial charge on any atom is 0.244 e. The number of nitrogens with one attached hydrogen (secondary N) is 1. The number of benzene rings is 2. The molecule has 7 heteroatoms. The van der Waals surface area contributed by atoms with Gasteiger partial charge in [0.1, 0.15) is 0 Å². The van der Waals surface area contributed by atoms with E-state index < -0.39 is 29.0 Å². The van der Waals surface area contributed by atoms with Gasteiger partial charge < -0.3 is 10.2 Å². The van der Waals surface area contributed by atoms with Gasteiger partial charge in [0, 0.05) is 13.0 Å². The SMILES string of the molecule is CCCN(CC(=O)Nc1ccc(F)c(F)c1F)C(=O)CCc1ccc(CC)cc1. The number of nitrogens with zero attached hydrogens (tertiary/aromatic N) is 1. The predicted molar refractivity (Wildman–Crippen MR) is 106 cm³/mol. The van der Waals surface area contributed by atoms with Gasteiger partial charge in [0.05, 0.1) is 12.2 Å². The van der Waals surface area contributed by atoms with E-state index in [1.54, 1.807) is 0 Å². The van der Waals surface area contributed by atoms with Crippen LogP contribution in [-0.4, -0.2) is 29.8 Å². The average Bonchev–Trinajstić information content (AvgIpc) is 2.72. The van der Waals surface area contributed by atoms with Crippen molar-refractivity contribution in [1.29, 1.82) is 0 Å². The largest absolute Gasteiger partial charge is 0.333 e. The van der Waals surface area contributed by atoms with Crippen molar-refractivity contribution >= 4 is 17.5 Å². The zero-order valence-corrected chi connectivity index (χ0v) is 16.6. The summed E-state index contributed by atoms with van der Waals surface area (Å²) < 4.78 is 40.0. The minimum absolute atomic E-state index is 0.202. The highest BCUT2D eigenvalue weighted by molar-refractivity contribution is 5.94. The number of carbonyl (C=O) groups is 2. The van der Waals surface area contributed by atoms with Crippen molar-refractivity contribution in [2.24, 2.45) is 0 Å². The molecule has 0 aliphatic carbocycles. The fraction of sp³-hybridized carbons (Fsp3) is 0.364. The molecule has 4 nitrogen and oxygen atoms in total. The number of halogens is 3. The summed E-state index contributed by atoms with van der Waals surface area (Å²) in [5.74, 6) is -5.34. The zero-order valence-electron chi connectivity index (χ0n) is 16.6. The summed E-state index contributed by atoms with van der Waals surface area (Å²) in [5, 5.41) is 2.19. The lowest BCUT2D eigenvalue weighted by atomic mass is 10.1. The van der Waals surface area contributed by atoms with Crippen molar-refractivity contribution in [2.45, 2.75) is 39.5 Å². The summed E-state index contributed by atoms with van der Waals surface area (Å²) in [6.07, 6.45) is 2.36. The van der Waals surface area contributed by atoms with Gasteiger partial charge in [0.2, 0.25) is 11.8 Å². The van der Waals surface area contributed by atoms with E-state index in [4.69, 9.17) is 0 Å². The van der Waals surface area contributed by atoms with Crippen molar-refractivity contribution in [3.8, 4) is 0 Å². The molecule has 0 bridgehead atoms. The van der Waals surface area contributed by atoms with Crippen LogP contribution in [0.2, 0.25) is 0 Å². The fourth-order valence-electron chi connectivity index (χ4n) is 2.90. The van der Waals surface area contributed by atoms with E-state index in [-0.39, 0.29) is 18.9 Å². The Labute approximate surface area is 168 Å². The number of anilines is 1. The van der Waals surface area contributed by atoms with Gasteiger partial charge in [-0.3, -0.25) is 9.59 Å². The molecule has 0 heterocycles. The van der Waals surface area contributed by atoms with E-state index in [1.807, 2.05) is 31.2 Å². The second-order valence-electron chi connectivity index (χ2n) is 6.76. The molecule has 2 aromatic rings. The molecule has 0 aliphatic heterocycles. The summed E-state index contributed by atoms with van der Waals surface area (Å²) in [5.41, 5.74) is 1.78. The average molecular weight is 406 g/mol. The highest BCUT2D eigenvalue weighted by atomic mass is 19.2. The van der Waals surface area contributed by atoms with Crippen LogP contribution in [0.25, 0.3) is 0 Å². The third-order valence-electron chi connectivity index (χ3n) is 4.55. The van der Waals surface area contributed by atoms with Crippen molar-refractivity contribution < 1.29 is 22.8 Å². The first-order chi connectivity index (χ1) is 13.8. The summed E-state index contributed by atoms with van der Waals surface area (Å²) in [4.78, 5) is 26.1. The van der Waals surface area contributed by atoms with Crippen LogP contribution < -0.4 is 5.32 Å². The molecule has 0 aliphatic rings. The van der Waals surface area contributed by atoms with Gasteiger partial charge in [-0.1, -0.05) is 38.1 Å². The third-order valence-corrected chi connectivity index (χ3v) is 4.55. The van der Waals surface area contributed by atoms with E-state index in [0.717, 1.165) is 24.1 Å². The van der Waals surface area contributed by atoms with Gasteiger partial charge in [-0.05, 0) is 42.5 Å². The van der Waals surface area contributed by atoms with E-state index in [2.05, 4.69) is 12.2 Å². The first kappa shape index (κ1) is 22.5. The Kier molecular flexibility index (Phi) is 8.24. The topological polar surface area (TPSA) is 49.4 Å². The maximum absolute atomic E-state index is 13.7. The normalized spacial score (nSPS) is 10.7. The van der Waals surface area contributed by atoms with Crippen LogP contribution in [0, 0.1) is 17.5 Å². The van der Waals surface area contributed by atoms with Crippen LogP contribution in [0.5, 0.6) is 0 Å². The predicted octanol–water partition coefficient (Wildman–Crippen LogP) is 4.48. The Balaban J connectivity index is 1.96. The lowest BCUT2D eigenvalue weighted by Crippen LogP contribution is -2.38. The van der Waals surface area contributed by atoms with Gasteiger partial charge in [0.25, 0.3) is 0 Å². The Morgan fingerprint density at radius 3 is 2.21 bits per heavy atom. The Morgan fingerprint density at radius 1 is 0.931 bits per heavy atom. The Hall–Kier alpha value is -2.83. The molecule has 0 atom stereocenters. The van der Waals surface area contributed by atoms with Gasteiger partial charge in [-0.15, -0.1) is 0 Å². The van der Waals surface area contributed by atoms with Crippen molar-refractivity contribution in [3.63, 3.8) is 0 Å². The van der Waals surface area contributed by atoms with E-state index >= 15 is 0 Å². The molecular formula is C22H25F3N2O2. The van der Waals surface area contributed by atoms with Crippen LogP contribution in [0.1, 0.15) is 37.8 Å². The molecule has 0 unspecified atom stereocenters. The summed E-state index contributed by atoms with van der Waals surface area (Å²) in [6, 6.07) is 9.68. The number of rotatable bonds is 9. The molecule has 0 fully saturated rings. The smallest absolute Gasteiger partial charge is 0.244 e. The number of hydrogen-bond donors (Lipinski definition) is 1. The standard InChI is InChI=1S/C22H25F3N2O2/c1-3-13-27(20(29)12-9-16-7-5-15(4-2)6-8-16)14-19(28)26-18-11-10-17(23)21(24)22(18)25/h5-8,10-11H,3-4,9,12-14H2,1-2H3,(H,26,28). The van der Waals surface area contributed by atoms with Gasteiger partial charge in [-0.2, -0.15) is 0 Å². The number of carbonyl (C=O) groups excluding carboxylic acids is 2. The summed E-state index contributed by atoms with van der Waals surface area (Å²) >= 11 is 0. The quantitative estimate of drug-likeness (QED) is 0.625. The Morgan fingerprint density at radius 2 is 1.59 bits per heavy atom. The third kappa shape index (κ3) is 6.34. The molecule has 0 radical (unpaired) electrons. The number of amides is 2. The molecule has 0 aromatic heterocycles. The lowest BCUT2D eigenvalue weighted by Gasteiger charge is -2.22. The minimum atomic E-state index is -1.65. The van der Waals surface area contributed by atoms with E-state index in [0.29, 0.717) is 19.4 Å². The fourth-order valence-corrected chi connectivity index (χ4v) is 2.90. The molecule has 1 N–H and O–H groups in total. The number of aryl methyl sites for hydroxylation is 2. The van der Waals surface area contributed by atoms with Crippen molar-refractivity contribution in [1.82, 2.24) is 4.90 Å². The highest BCUT2D eigenvalue weighted by Gasteiger charge is 2.19. The van der Waals surface area contributed by atoms with Gasteiger partial charge >= 0.3 is 0 Å². The van der Waals surface area contributed by atoms with Crippen molar-refractivity contribution in [2.75, 3.05) is 18.4 Å². The molecule has 29 heavy (non-hydrogen) atoms. The van der Waals surface area contributed by atoms with Crippen LogP contribution in [-0.2, 0) is 22.4 Å². The summed E-state index contributed by atoms with van der Waals surface area (Å²) in [6.45, 7) is 4.01. The van der Waals surface area contributed by atoms with Gasteiger partial charge in [0.15, 0.2) is 17.5 Å². The first-order valence-electron chi connectivity index (χ1n) is 9.64. The molecule has 0 saturated carbocycles. The lowest BCUT2D eigenvalue weighted by molar-refractivity contribution is -0.134. The van der Waals surface area contributed by atoms with Crippen LogP contribution >= 0.6 is 0 Å². The Bertz CT molecular complexity index is 854. The monoisotopic (exact) mass is 406 g/mol. The molecule has 0 spiro atoms. The first-order valence-corrected chi connectivity index (χ1v) is 9.64. The molecule has 156 valence electrons. The maximum atomic E-state index is 13.7. The highest BCUT2D eigenvalue weighted by Crippen LogP contribution is 2.19.